The van der Waals surface area contributed by atoms with E-state index in [0.29, 0.717) is 17.0 Å². The summed E-state index contributed by atoms with van der Waals surface area (Å²) in [4.78, 5) is 25.4. The monoisotopic (exact) mass is 313 g/mol. The molecule has 1 aromatic rings. The molecule has 6 heteroatoms. The summed E-state index contributed by atoms with van der Waals surface area (Å²) >= 11 is 6.04. The summed E-state index contributed by atoms with van der Waals surface area (Å²) in [6.07, 6.45) is 0.650. The number of hydrogen-bond donors (Lipinski definition) is 1. The van der Waals surface area contributed by atoms with Gasteiger partial charge in [0.05, 0.1) is 36.8 Å². The SMILES string of the molecule is CCC(CO)N(CCC(=O)OC)C(=O)c1ccccc1Cl. The van der Waals surface area contributed by atoms with Gasteiger partial charge in [-0.3, -0.25) is 9.59 Å². The van der Waals surface area contributed by atoms with Crippen LogP contribution in [0.1, 0.15) is 30.1 Å². The number of aliphatic hydroxyl groups excluding tert-OH is 1. The van der Waals surface area contributed by atoms with Crippen LogP contribution in [0.5, 0.6) is 0 Å². The largest absolute Gasteiger partial charge is 0.469 e. The Labute approximate surface area is 129 Å². The molecule has 0 aromatic heterocycles. The highest BCUT2D eigenvalue weighted by atomic mass is 35.5. The minimum atomic E-state index is -0.403. The van der Waals surface area contributed by atoms with Crippen LogP contribution in [0.4, 0.5) is 0 Å². The quantitative estimate of drug-likeness (QED) is 0.783. The lowest BCUT2D eigenvalue weighted by atomic mass is 10.1. The molecule has 0 radical (unpaired) electrons. The van der Waals surface area contributed by atoms with Gasteiger partial charge in [-0.25, -0.2) is 0 Å². The Kier molecular flexibility index (Phi) is 7.19. The number of carbonyl (C=O) groups excluding carboxylic acids is 2. The van der Waals surface area contributed by atoms with Crippen molar-refractivity contribution in [3.05, 3.63) is 34.9 Å². The van der Waals surface area contributed by atoms with Crippen LogP contribution in [0.2, 0.25) is 5.02 Å². The molecule has 21 heavy (non-hydrogen) atoms. The number of halogens is 1. The van der Waals surface area contributed by atoms with E-state index in [-0.39, 0.29) is 31.5 Å². The second kappa shape index (κ2) is 8.64. The molecule has 1 unspecified atom stereocenters. The van der Waals surface area contributed by atoms with Crippen molar-refractivity contribution in [2.75, 3.05) is 20.3 Å². The molecular weight excluding hydrogens is 294 g/mol. The maximum absolute atomic E-state index is 12.6. The second-order valence-electron chi connectivity index (χ2n) is 4.55. The molecule has 1 atom stereocenters. The number of nitrogens with zero attached hydrogens (tertiary/aromatic N) is 1. The van der Waals surface area contributed by atoms with E-state index in [0.717, 1.165) is 0 Å². The van der Waals surface area contributed by atoms with Crippen LogP contribution in [0, 0.1) is 0 Å². The van der Waals surface area contributed by atoms with Crippen LogP contribution in [-0.2, 0) is 9.53 Å². The molecule has 0 bridgehead atoms. The molecule has 0 spiro atoms. The molecule has 1 N–H and O–H groups in total. The number of aliphatic hydroxyl groups is 1. The molecule has 0 aliphatic heterocycles. The van der Waals surface area contributed by atoms with Crippen LogP contribution in [0.3, 0.4) is 0 Å². The minimum Gasteiger partial charge on any atom is -0.469 e. The topological polar surface area (TPSA) is 66.8 Å². The Morgan fingerprint density at radius 3 is 2.57 bits per heavy atom. The van der Waals surface area contributed by atoms with Crippen molar-refractivity contribution in [1.29, 1.82) is 0 Å². The Balaban J connectivity index is 2.97. The number of esters is 1. The van der Waals surface area contributed by atoms with Gasteiger partial charge in [-0.15, -0.1) is 0 Å². The van der Waals surface area contributed by atoms with Gasteiger partial charge >= 0.3 is 5.97 Å². The maximum Gasteiger partial charge on any atom is 0.307 e. The van der Waals surface area contributed by atoms with Gasteiger partial charge in [-0.2, -0.15) is 0 Å². The molecule has 0 saturated carbocycles. The normalized spacial score (nSPS) is 11.8. The summed E-state index contributed by atoms with van der Waals surface area (Å²) in [5, 5.41) is 9.79. The third kappa shape index (κ3) is 4.72. The van der Waals surface area contributed by atoms with Gasteiger partial charge in [0.1, 0.15) is 0 Å². The minimum absolute atomic E-state index is 0.0726. The molecule has 1 rings (SSSR count). The Morgan fingerprint density at radius 1 is 1.38 bits per heavy atom. The van der Waals surface area contributed by atoms with Gasteiger partial charge in [0.15, 0.2) is 0 Å². The van der Waals surface area contributed by atoms with Crippen LogP contribution in [-0.4, -0.2) is 48.2 Å². The van der Waals surface area contributed by atoms with E-state index in [1.54, 1.807) is 24.3 Å². The average molecular weight is 314 g/mol. The molecule has 0 fully saturated rings. The number of ether oxygens (including phenoxy) is 1. The smallest absolute Gasteiger partial charge is 0.307 e. The summed E-state index contributed by atoms with van der Waals surface area (Å²) < 4.78 is 4.59. The van der Waals surface area contributed by atoms with Gasteiger partial charge in [0, 0.05) is 6.54 Å². The summed E-state index contributed by atoms with van der Waals surface area (Å²) in [5.74, 6) is -0.704. The van der Waals surface area contributed by atoms with Gasteiger partial charge in [0.25, 0.3) is 5.91 Å². The van der Waals surface area contributed by atoms with E-state index in [9.17, 15) is 14.7 Å². The van der Waals surface area contributed by atoms with Crippen LogP contribution >= 0.6 is 11.6 Å². The number of benzene rings is 1. The van der Waals surface area contributed by atoms with Gasteiger partial charge in [0.2, 0.25) is 0 Å². The van der Waals surface area contributed by atoms with Gasteiger partial charge < -0.3 is 14.7 Å². The van der Waals surface area contributed by atoms with E-state index >= 15 is 0 Å². The fourth-order valence-corrected chi connectivity index (χ4v) is 2.22. The van der Waals surface area contributed by atoms with Crippen LogP contribution in [0.25, 0.3) is 0 Å². The first-order valence-electron chi connectivity index (χ1n) is 6.78. The van der Waals surface area contributed by atoms with Crippen molar-refractivity contribution in [3.8, 4) is 0 Å². The zero-order valence-electron chi connectivity index (χ0n) is 12.2. The lowest BCUT2D eigenvalue weighted by molar-refractivity contribution is -0.140. The molecule has 0 aliphatic carbocycles. The highest BCUT2D eigenvalue weighted by Crippen LogP contribution is 2.19. The Morgan fingerprint density at radius 2 is 2.05 bits per heavy atom. The van der Waals surface area contributed by atoms with Crippen molar-refractivity contribution >= 4 is 23.5 Å². The Hall–Kier alpha value is -1.59. The number of carbonyl (C=O) groups is 2. The number of rotatable bonds is 7. The maximum atomic E-state index is 12.6. The molecular formula is C15H20ClNO4. The highest BCUT2D eigenvalue weighted by Gasteiger charge is 2.25. The first-order valence-corrected chi connectivity index (χ1v) is 7.16. The van der Waals surface area contributed by atoms with Crippen LogP contribution < -0.4 is 0 Å². The molecule has 0 aliphatic rings. The summed E-state index contributed by atoms with van der Waals surface area (Å²) in [7, 11) is 1.30. The fraction of sp³-hybridized carbons (Fsp3) is 0.467. The number of hydrogen-bond acceptors (Lipinski definition) is 4. The molecule has 116 valence electrons. The third-order valence-corrected chi connectivity index (χ3v) is 3.60. The number of methoxy groups -OCH3 is 1. The summed E-state index contributed by atoms with van der Waals surface area (Å²) in [6.45, 7) is 1.87. The highest BCUT2D eigenvalue weighted by molar-refractivity contribution is 6.33. The second-order valence-corrected chi connectivity index (χ2v) is 4.96. The van der Waals surface area contributed by atoms with Gasteiger partial charge in [-0.05, 0) is 18.6 Å². The fourth-order valence-electron chi connectivity index (χ4n) is 2.00. The van der Waals surface area contributed by atoms with Gasteiger partial charge in [-0.1, -0.05) is 30.7 Å². The van der Waals surface area contributed by atoms with E-state index in [2.05, 4.69) is 4.74 Å². The average Bonchev–Trinajstić information content (AvgIpc) is 2.50. The van der Waals surface area contributed by atoms with Crippen molar-refractivity contribution < 1.29 is 19.4 Å². The van der Waals surface area contributed by atoms with Crippen molar-refractivity contribution in [2.24, 2.45) is 0 Å². The molecule has 1 amide bonds. The van der Waals surface area contributed by atoms with Crippen LogP contribution in [0.15, 0.2) is 24.3 Å². The summed E-state index contributed by atoms with van der Waals surface area (Å²) in [6, 6.07) is 6.35. The Bertz CT molecular complexity index is 488. The zero-order chi connectivity index (χ0) is 15.8. The first kappa shape index (κ1) is 17.5. The van der Waals surface area contributed by atoms with Crippen molar-refractivity contribution in [1.82, 2.24) is 4.90 Å². The molecule has 0 heterocycles. The molecule has 1 aromatic carbocycles. The third-order valence-electron chi connectivity index (χ3n) is 3.27. The van der Waals surface area contributed by atoms with Crippen molar-refractivity contribution in [2.45, 2.75) is 25.8 Å². The van der Waals surface area contributed by atoms with E-state index < -0.39 is 5.97 Å². The number of amides is 1. The lowest BCUT2D eigenvalue weighted by Gasteiger charge is -2.30. The summed E-state index contributed by atoms with van der Waals surface area (Å²) in [5.41, 5.74) is 0.357. The molecule has 5 nitrogen and oxygen atoms in total. The lowest BCUT2D eigenvalue weighted by Crippen LogP contribution is -2.43. The van der Waals surface area contributed by atoms with E-state index in [4.69, 9.17) is 11.6 Å². The van der Waals surface area contributed by atoms with E-state index in [1.165, 1.54) is 12.0 Å². The zero-order valence-corrected chi connectivity index (χ0v) is 13.0. The predicted molar refractivity (Wildman–Crippen MR) is 80.3 cm³/mol. The van der Waals surface area contributed by atoms with E-state index in [1.807, 2.05) is 6.92 Å². The predicted octanol–water partition coefficient (Wildman–Crippen LogP) is 2.12. The first-order chi connectivity index (χ1) is 10.0. The molecule has 0 saturated heterocycles. The van der Waals surface area contributed by atoms with Crippen molar-refractivity contribution in [3.63, 3.8) is 0 Å². The standard InChI is InChI=1S/C15H20ClNO4/c1-3-11(10-18)17(9-8-14(19)21-2)15(20)12-6-4-5-7-13(12)16/h4-7,11,18H,3,8-10H2,1-2H3.